The number of carbonyl (C=O) groups is 1. The van der Waals surface area contributed by atoms with Crippen molar-refractivity contribution in [3.05, 3.63) is 33.0 Å². The number of halogens is 3. The number of nitrogens with zero attached hydrogens (tertiary/aromatic N) is 1. The van der Waals surface area contributed by atoms with E-state index in [0.29, 0.717) is 17.6 Å². The highest BCUT2D eigenvalue weighted by Gasteiger charge is 2.29. The van der Waals surface area contributed by atoms with E-state index in [1.54, 1.807) is 4.90 Å². The maximum atomic E-state index is 13.8. The summed E-state index contributed by atoms with van der Waals surface area (Å²) in [6.45, 7) is 5.72. The van der Waals surface area contributed by atoms with Crippen molar-refractivity contribution in [3.8, 4) is 0 Å². The molecular formula is C14H16BrClFNO. The number of amides is 1. The van der Waals surface area contributed by atoms with Crippen LogP contribution in [-0.4, -0.2) is 23.9 Å². The molecule has 1 saturated heterocycles. The van der Waals surface area contributed by atoms with Crippen molar-refractivity contribution in [2.75, 3.05) is 13.1 Å². The van der Waals surface area contributed by atoms with Gasteiger partial charge >= 0.3 is 0 Å². The second-order valence-electron chi connectivity index (χ2n) is 5.70. The molecule has 1 amide bonds. The van der Waals surface area contributed by atoms with Crippen LogP contribution in [0.25, 0.3) is 0 Å². The summed E-state index contributed by atoms with van der Waals surface area (Å²) in [5.41, 5.74) is 0.339. The summed E-state index contributed by atoms with van der Waals surface area (Å²) in [5.74, 6) is -0.826. The van der Waals surface area contributed by atoms with Crippen LogP contribution in [0.1, 0.15) is 37.0 Å². The van der Waals surface area contributed by atoms with Crippen LogP contribution in [0.3, 0.4) is 0 Å². The molecule has 2 nitrogen and oxygen atoms in total. The maximum absolute atomic E-state index is 13.8. The molecule has 1 aliphatic heterocycles. The molecule has 0 aliphatic carbocycles. The third-order valence-corrected chi connectivity index (χ3v) is 4.84. The molecule has 2 rings (SSSR count). The molecule has 1 aliphatic rings. The van der Waals surface area contributed by atoms with Crippen LogP contribution in [-0.2, 0) is 0 Å². The van der Waals surface area contributed by atoms with Crippen LogP contribution in [0.15, 0.2) is 16.6 Å². The van der Waals surface area contributed by atoms with Gasteiger partial charge in [0.05, 0.1) is 10.6 Å². The first-order valence-electron chi connectivity index (χ1n) is 6.24. The molecule has 0 aromatic heterocycles. The largest absolute Gasteiger partial charge is 0.339 e. The predicted octanol–water partition coefficient (Wildman–Crippen LogP) is 4.50. The summed E-state index contributed by atoms with van der Waals surface area (Å²) in [4.78, 5) is 14.0. The number of hydrogen-bond acceptors (Lipinski definition) is 1. The van der Waals surface area contributed by atoms with Gasteiger partial charge in [0.25, 0.3) is 5.91 Å². The van der Waals surface area contributed by atoms with Gasteiger partial charge in [-0.05, 0) is 46.3 Å². The first kappa shape index (κ1) is 14.8. The fraction of sp³-hybridized carbons (Fsp3) is 0.500. The standard InChI is InChI=1S/C14H16BrClFNO/c1-14(2)3-5-18(6-4-14)13(19)9-7-10(15)11(16)8-12(9)17/h7-8H,3-6H2,1-2H3. The molecule has 0 saturated carbocycles. The van der Waals surface area contributed by atoms with Gasteiger partial charge in [-0.3, -0.25) is 4.79 Å². The lowest BCUT2D eigenvalue weighted by molar-refractivity contribution is 0.0625. The highest BCUT2D eigenvalue weighted by Crippen LogP contribution is 2.31. The molecule has 0 unspecified atom stereocenters. The SMILES string of the molecule is CC1(C)CCN(C(=O)c2cc(Br)c(Cl)cc2F)CC1. The van der Waals surface area contributed by atoms with Crippen molar-refractivity contribution < 1.29 is 9.18 Å². The second-order valence-corrected chi connectivity index (χ2v) is 6.96. The Labute approximate surface area is 126 Å². The average Bonchev–Trinajstić information content (AvgIpc) is 2.33. The van der Waals surface area contributed by atoms with E-state index >= 15 is 0 Å². The summed E-state index contributed by atoms with van der Waals surface area (Å²) >= 11 is 9.02. The maximum Gasteiger partial charge on any atom is 0.256 e. The zero-order valence-electron chi connectivity index (χ0n) is 11.0. The Morgan fingerprint density at radius 1 is 1.37 bits per heavy atom. The molecule has 104 valence electrons. The monoisotopic (exact) mass is 347 g/mol. The predicted molar refractivity (Wildman–Crippen MR) is 78.0 cm³/mol. The molecule has 1 aromatic rings. The molecular weight excluding hydrogens is 333 g/mol. The number of piperidine rings is 1. The van der Waals surface area contributed by atoms with Crippen molar-refractivity contribution in [1.82, 2.24) is 4.90 Å². The fourth-order valence-corrected chi connectivity index (χ4v) is 2.67. The highest BCUT2D eigenvalue weighted by molar-refractivity contribution is 9.10. The number of hydrogen-bond donors (Lipinski definition) is 0. The third kappa shape index (κ3) is 3.29. The lowest BCUT2D eigenvalue weighted by atomic mass is 9.82. The first-order valence-corrected chi connectivity index (χ1v) is 7.41. The number of likely N-dealkylation sites (tertiary alicyclic amines) is 1. The highest BCUT2D eigenvalue weighted by atomic mass is 79.9. The molecule has 0 radical (unpaired) electrons. The van der Waals surface area contributed by atoms with Crippen molar-refractivity contribution >= 4 is 33.4 Å². The van der Waals surface area contributed by atoms with Crippen molar-refractivity contribution in [3.63, 3.8) is 0 Å². The van der Waals surface area contributed by atoms with Crippen LogP contribution in [0.5, 0.6) is 0 Å². The molecule has 1 heterocycles. The van der Waals surface area contributed by atoms with Crippen molar-refractivity contribution in [2.24, 2.45) is 5.41 Å². The lowest BCUT2D eigenvalue weighted by Crippen LogP contribution is -2.41. The minimum atomic E-state index is -0.567. The zero-order valence-corrected chi connectivity index (χ0v) is 13.3. The number of benzene rings is 1. The van der Waals surface area contributed by atoms with Crippen LogP contribution >= 0.6 is 27.5 Å². The Hall–Kier alpha value is -0.610. The number of carbonyl (C=O) groups excluding carboxylic acids is 1. The number of rotatable bonds is 1. The molecule has 0 spiro atoms. The molecule has 0 bridgehead atoms. The summed E-state index contributed by atoms with van der Waals surface area (Å²) in [7, 11) is 0. The van der Waals surface area contributed by atoms with E-state index in [2.05, 4.69) is 29.8 Å². The Morgan fingerprint density at radius 3 is 2.53 bits per heavy atom. The summed E-state index contributed by atoms with van der Waals surface area (Å²) in [5, 5.41) is 0.272. The van der Waals surface area contributed by atoms with Gasteiger partial charge in [-0.2, -0.15) is 0 Å². The Balaban J connectivity index is 2.19. The van der Waals surface area contributed by atoms with E-state index in [1.807, 2.05) is 0 Å². The molecule has 1 aromatic carbocycles. The van der Waals surface area contributed by atoms with Gasteiger partial charge in [0.1, 0.15) is 5.82 Å². The Morgan fingerprint density at radius 2 is 1.95 bits per heavy atom. The average molecular weight is 349 g/mol. The van der Waals surface area contributed by atoms with Gasteiger partial charge in [-0.1, -0.05) is 25.4 Å². The summed E-state index contributed by atoms with van der Waals surface area (Å²) < 4.78 is 14.4. The zero-order chi connectivity index (χ0) is 14.2. The van der Waals surface area contributed by atoms with Gasteiger partial charge < -0.3 is 4.90 Å². The van der Waals surface area contributed by atoms with Crippen LogP contribution in [0.2, 0.25) is 5.02 Å². The minimum Gasteiger partial charge on any atom is -0.339 e. The van der Waals surface area contributed by atoms with E-state index in [4.69, 9.17) is 11.6 Å². The minimum absolute atomic E-state index is 0.0796. The third-order valence-electron chi connectivity index (χ3n) is 3.64. The van der Waals surface area contributed by atoms with E-state index in [1.165, 1.54) is 12.1 Å². The van der Waals surface area contributed by atoms with E-state index < -0.39 is 5.82 Å². The Kier molecular flexibility index (Phi) is 4.21. The van der Waals surface area contributed by atoms with E-state index in [0.717, 1.165) is 12.8 Å². The summed E-state index contributed by atoms with van der Waals surface area (Å²) in [6, 6.07) is 2.63. The smallest absolute Gasteiger partial charge is 0.256 e. The van der Waals surface area contributed by atoms with Crippen molar-refractivity contribution in [2.45, 2.75) is 26.7 Å². The molecule has 19 heavy (non-hydrogen) atoms. The molecule has 0 N–H and O–H groups in total. The quantitative estimate of drug-likeness (QED) is 0.684. The topological polar surface area (TPSA) is 20.3 Å². The van der Waals surface area contributed by atoms with E-state index in [9.17, 15) is 9.18 Å². The van der Waals surface area contributed by atoms with Gasteiger partial charge in [-0.25, -0.2) is 4.39 Å². The van der Waals surface area contributed by atoms with Gasteiger partial charge in [0.2, 0.25) is 0 Å². The fourth-order valence-electron chi connectivity index (χ4n) is 2.17. The Bertz CT molecular complexity index is 508. The van der Waals surface area contributed by atoms with Crippen molar-refractivity contribution in [1.29, 1.82) is 0 Å². The molecule has 1 fully saturated rings. The van der Waals surface area contributed by atoms with Gasteiger partial charge in [0, 0.05) is 17.6 Å². The van der Waals surface area contributed by atoms with E-state index in [-0.39, 0.29) is 21.9 Å². The van der Waals surface area contributed by atoms with Crippen LogP contribution in [0, 0.1) is 11.2 Å². The first-order chi connectivity index (χ1) is 8.80. The van der Waals surface area contributed by atoms with Gasteiger partial charge in [0.15, 0.2) is 0 Å². The molecule has 5 heteroatoms. The lowest BCUT2D eigenvalue weighted by Gasteiger charge is -2.37. The van der Waals surface area contributed by atoms with Crippen LogP contribution in [0.4, 0.5) is 4.39 Å². The molecule has 0 atom stereocenters. The van der Waals surface area contributed by atoms with Gasteiger partial charge in [-0.15, -0.1) is 0 Å². The van der Waals surface area contributed by atoms with Crippen LogP contribution < -0.4 is 0 Å². The summed E-state index contributed by atoms with van der Waals surface area (Å²) in [6.07, 6.45) is 1.88. The second kappa shape index (κ2) is 5.41. The normalized spacial score (nSPS) is 18.5.